The van der Waals surface area contributed by atoms with Crippen LogP contribution in [0.2, 0.25) is 0 Å². The normalized spacial score (nSPS) is 20.2. The molecule has 1 fully saturated rings. The van der Waals surface area contributed by atoms with E-state index in [9.17, 15) is 9.59 Å². The number of carbonyl (C=O) groups is 2. The lowest BCUT2D eigenvalue weighted by Gasteiger charge is -2.37. The molecular weight excluding hydrogens is 332 g/mol. The summed E-state index contributed by atoms with van der Waals surface area (Å²) >= 11 is 0. The van der Waals surface area contributed by atoms with Crippen LogP contribution in [0.5, 0.6) is 0 Å². The van der Waals surface area contributed by atoms with E-state index in [0.717, 1.165) is 5.82 Å². The zero-order valence-electron chi connectivity index (χ0n) is 15.5. The Balaban J connectivity index is 1.85. The molecule has 0 aromatic carbocycles. The average Bonchev–Trinajstić information content (AvgIpc) is 3.03. The van der Waals surface area contributed by atoms with Crippen LogP contribution in [0.3, 0.4) is 0 Å². The van der Waals surface area contributed by atoms with Gasteiger partial charge in [-0.2, -0.15) is 0 Å². The number of nitrogens with zero attached hydrogens (tertiary/aromatic N) is 5. The third kappa shape index (κ3) is 3.40. The first-order valence-corrected chi connectivity index (χ1v) is 8.55. The fraction of sp³-hybridized carbons (Fsp3) is 0.444. The van der Waals surface area contributed by atoms with E-state index in [2.05, 4.69) is 15.3 Å². The molecule has 3 rings (SSSR count). The maximum Gasteiger partial charge on any atom is 0.230 e. The largest absolute Gasteiger partial charge is 0.363 e. The van der Waals surface area contributed by atoms with Crippen LogP contribution < -0.4 is 10.2 Å². The van der Waals surface area contributed by atoms with E-state index < -0.39 is 0 Å². The molecule has 3 heterocycles. The summed E-state index contributed by atoms with van der Waals surface area (Å²) in [5.74, 6) is 1.02. The number of aryl methyl sites for hydroxylation is 1. The molecule has 8 heteroatoms. The quantitative estimate of drug-likeness (QED) is 0.896. The van der Waals surface area contributed by atoms with Crippen molar-refractivity contribution in [1.29, 1.82) is 0 Å². The van der Waals surface area contributed by atoms with E-state index in [-0.39, 0.29) is 23.8 Å². The van der Waals surface area contributed by atoms with Gasteiger partial charge < -0.3 is 19.7 Å². The van der Waals surface area contributed by atoms with Crippen molar-refractivity contribution in [2.24, 2.45) is 13.0 Å². The Hall–Kier alpha value is -2.90. The number of likely N-dealkylation sites (tertiary alicyclic amines) is 1. The lowest BCUT2D eigenvalue weighted by Crippen LogP contribution is -2.45. The van der Waals surface area contributed by atoms with Crippen LogP contribution in [0.15, 0.2) is 30.7 Å². The van der Waals surface area contributed by atoms with Gasteiger partial charge in [-0.25, -0.2) is 9.97 Å². The van der Waals surface area contributed by atoms with E-state index >= 15 is 0 Å². The summed E-state index contributed by atoms with van der Waals surface area (Å²) in [4.78, 5) is 37.3. The second-order valence-corrected chi connectivity index (χ2v) is 6.78. The third-order valence-corrected chi connectivity index (χ3v) is 4.79. The number of amides is 2. The van der Waals surface area contributed by atoms with Gasteiger partial charge in [0.05, 0.1) is 5.92 Å². The summed E-state index contributed by atoms with van der Waals surface area (Å²) in [6, 6.07) is 3.20. The van der Waals surface area contributed by atoms with Crippen molar-refractivity contribution in [3.05, 3.63) is 36.5 Å². The highest BCUT2D eigenvalue weighted by molar-refractivity contribution is 5.94. The predicted octanol–water partition coefficient (Wildman–Crippen LogP) is 1.43. The second kappa shape index (κ2) is 7.15. The Kier molecular flexibility index (Phi) is 4.92. The van der Waals surface area contributed by atoms with Crippen molar-refractivity contribution >= 4 is 23.3 Å². The standard InChI is InChI=1S/C18H24N6O2/c1-22(2)14-11-12(7-8-19-14)21-18(26)13-5-6-15(25)24(4)16(13)17-20-9-10-23(17)3/h7-11,13,16H,5-6H2,1-4H3,(H,19,21,26)/t13-,16-/m0/s1. The number of piperidine rings is 1. The van der Waals surface area contributed by atoms with Gasteiger partial charge >= 0.3 is 0 Å². The van der Waals surface area contributed by atoms with E-state index in [1.54, 1.807) is 30.4 Å². The molecule has 1 saturated heterocycles. The fourth-order valence-corrected chi connectivity index (χ4v) is 3.30. The van der Waals surface area contributed by atoms with Crippen LogP contribution in [0.25, 0.3) is 0 Å². The molecule has 2 atom stereocenters. The highest BCUT2D eigenvalue weighted by Crippen LogP contribution is 2.35. The third-order valence-electron chi connectivity index (χ3n) is 4.79. The summed E-state index contributed by atoms with van der Waals surface area (Å²) in [7, 11) is 7.40. The molecule has 8 nitrogen and oxygen atoms in total. The van der Waals surface area contributed by atoms with Gasteiger partial charge in [-0.3, -0.25) is 9.59 Å². The van der Waals surface area contributed by atoms with Crippen molar-refractivity contribution in [2.75, 3.05) is 31.4 Å². The van der Waals surface area contributed by atoms with Gasteiger partial charge in [0.15, 0.2) is 0 Å². The van der Waals surface area contributed by atoms with Crippen LogP contribution in [0.4, 0.5) is 11.5 Å². The maximum absolute atomic E-state index is 13.0. The van der Waals surface area contributed by atoms with Crippen LogP contribution in [-0.4, -0.2) is 52.4 Å². The highest BCUT2D eigenvalue weighted by Gasteiger charge is 2.40. The number of pyridine rings is 1. The predicted molar refractivity (Wildman–Crippen MR) is 98.6 cm³/mol. The molecule has 0 bridgehead atoms. The Morgan fingerprint density at radius 3 is 2.69 bits per heavy atom. The Labute approximate surface area is 152 Å². The summed E-state index contributed by atoms with van der Waals surface area (Å²) in [5.41, 5.74) is 0.687. The van der Waals surface area contributed by atoms with Crippen molar-refractivity contribution in [2.45, 2.75) is 18.9 Å². The Morgan fingerprint density at radius 1 is 1.27 bits per heavy atom. The van der Waals surface area contributed by atoms with Crippen LogP contribution in [-0.2, 0) is 16.6 Å². The van der Waals surface area contributed by atoms with Gasteiger partial charge in [0.1, 0.15) is 17.7 Å². The van der Waals surface area contributed by atoms with Crippen molar-refractivity contribution in [3.63, 3.8) is 0 Å². The first kappa shape index (κ1) is 17.9. The van der Waals surface area contributed by atoms with Gasteiger partial charge in [0.2, 0.25) is 11.8 Å². The van der Waals surface area contributed by atoms with Crippen LogP contribution in [0, 0.1) is 5.92 Å². The number of aromatic nitrogens is 3. The molecule has 2 amide bonds. The summed E-state index contributed by atoms with van der Waals surface area (Å²) in [6.45, 7) is 0. The minimum Gasteiger partial charge on any atom is -0.363 e. The summed E-state index contributed by atoms with van der Waals surface area (Å²) in [5, 5.41) is 2.97. The minimum absolute atomic E-state index is 0.0286. The molecule has 0 unspecified atom stereocenters. The number of nitrogens with one attached hydrogen (secondary N) is 1. The number of hydrogen-bond donors (Lipinski definition) is 1. The first-order valence-electron chi connectivity index (χ1n) is 8.55. The molecule has 2 aromatic heterocycles. The number of imidazole rings is 1. The van der Waals surface area contributed by atoms with E-state index in [1.165, 1.54) is 0 Å². The van der Waals surface area contributed by atoms with Gasteiger partial charge in [-0.15, -0.1) is 0 Å². The zero-order valence-corrected chi connectivity index (χ0v) is 15.5. The van der Waals surface area contributed by atoms with Gasteiger partial charge in [-0.1, -0.05) is 0 Å². The summed E-state index contributed by atoms with van der Waals surface area (Å²) < 4.78 is 1.86. The molecule has 1 aliphatic heterocycles. The van der Waals surface area contributed by atoms with E-state index in [4.69, 9.17) is 0 Å². The molecule has 1 aliphatic rings. The van der Waals surface area contributed by atoms with E-state index in [0.29, 0.717) is 24.4 Å². The van der Waals surface area contributed by atoms with Gasteiger partial charge in [0, 0.05) is 65.0 Å². The van der Waals surface area contributed by atoms with E-state index in [1.807, 2.05) is 42.9 Å². The van der Waals surface area contributed by atoms with Crippen molar-refractivity contribution in [3.8, 4) is 0 Å². The highest BCUT2D eigenvalue weighted by atomic mass is 16.2. The maximum atomic E-state index is 13.0. The Morgan fingerprint density at radius 2 is 2.04 bits per heavy atom. The first-order chi connectivity index (χ1) is 12.4. The molecule has 2 aromatic rings. The zero-order chi connectivity index (χ0) is 18.8. The van der Waals surface area contributed by atoms with Gasteiger partial charge in [-0.05, 0) is 12.5 Å². The number of anilines is 2. The molecule has 1 N–H and O–H groups in total. The minimum atomic E-state index is -0.383. The van der Waals surface area contributed by atoms with Crippen molar-refractivity contribution in [1.82, 2.24) is 19.4 Å². The molecule has 0 aliphatic carbocycles. The molecule has 26 heavy (non-hydrogen) atoms. The van der Waals surface area contributed by atoms with Crippen molar-refractivity contribution < 1.29 is 9.59 Å². The fourth-order valence-electron chi connectivity index (χ4n) is 3.30. The lowest BCUT2D eigenvalue weighted by atomic mass is 9.87. The monoisotopic (exact) mass is 356 g/mol. The average molecular weight is 356 g/mol. The Bertz CT molecular complexity index is 816. The molecule has 138 valence electrons. The smallest absolute Gasteiger partial charge is 0.230 e. The number of carbonyl (C=O) groups excluding carboxylic acids is 2. The molecule has 0 spiro atoms. The lowest BCUT2D eigenvalue weighted by molar-refractivity contribution is -0.140. The van der Waals surface area contributed by atoms with Crippen LogP contribution in [0.1, 0.15) is 24.7 Å². The summed E-state index contributed by atoms with van der Waals surface area (Å²) in [6.07, 6.45) is 6.03. The molecule has 0 radical (unpaired) electrons. The SMILES string of the molecule is CN(C)c1cc(NC(=O)[C@H]2CCC(=O)N(C)[C@@H]2c2nccn2C)ccn1. The second-order valence-electron chi connectivity index (χ2n) is 6.78. The topological polar surface area (TPSA) is 83.4 Å². The number of hydrogen-bond acceptors (Lipinski definition) is 5. The van der Waals surface area contributed by atoms with Crippen LogP contribution >= 0.6 is 0 Å². The molecular formula is C18H24N6O2. The van der Waals surface area contributed by atoms with Gasteiger partial charge in [0.25, 0.3) is 0 Å². The molecule has 0 saturated carbocycles. The number of rotatable bonds is 4.